The highest BCUT2D eigenvalue weighted by Crippen LogP contribution is 2.35. The summed E-state index contributed by atoms with van der Waals surface area (Å²) in [7, 11) is 0. The molecule has 6 heteroatoms. The fourth-order valence-corrected chi connectivity index (χ4v) is 3.33. The number of aromatic nitrogens is 2. The molecule has 1 atom stereocenters. The van der Waals surface area contributed by atoms with Crippen LogP contribution in [0, 0.1) is 0 Å². The maximum Gasteiger partial charge on any atom is 0.257 e. The summed E-state index contributed by atoms with van der Waals surface area (Å²) >= 11 is 9.13. The van der Waals surface area contributed by atoms with Gasteiger partial charge in [-0.25, -0.2) is 0 Å². The Labute approximate surface area is 130 Å². The molecule has 0 bridgehead atoms. The Bertz CT molecular complexity index is 680. The lowest BCUT2D eigenvalue weighted by molar-refractivity contribution is 0.510. The number of thiophene rings is 1. The third-order valence-electron chi connectivity index (χ3n) is 2.65. The smallest absolute Gasteiger partial charge is 0.257 e. The molecule has 0 spiro atoms. The van der Waals surface area contributed by atoms with Crippen molar-refractivity contribution in [2.45, 2.75) is 17.1 Å². The van der Waals surface area contributed by atoms with Gasteiger partial charge in [-0.1, -0.05) is 17.7 Å². The molecule has 0 aliphatic carbocycles. The normalized spacial score (nSPS) is 12.5. The van der Waals surface area contributed by atoms with Gasteiger partial charge in [-0.2, -0.15) is 0 Å². The van der Waals surface area contributed by atoms with Crippen molar-refractivity contribution in [3.05, 3.63) is 52.7 Å². The first kappa shape index (κ1) is 13.7. The number of benzene rings is 1. The van der Waals surface area contributed by atoms with Crippen LogP contribution < -0.4 is 0 Å². The van der Waals surface area contributed by atoms with Crippen molar-refractivity contribution in [1.82, 2.24) is 10.2 Å². The second-order valence-electron chi connectivity index (χ2n) is 4.14. The van der Waals surface area contributed by atoms with Crippen molar-refractivity contribution in [1.29, 1.82) is 0 Å². The van der Waals surface area contributed by atoms with Crippen LogP contribution in [0.2, 0.25) is 5.02 Å². The van der Waals surface area contributed by atoms with E-state index >= 15 is 0 Å². The van der Waals surface area contributed by atoms with Crippen molar-refractivity contribution >= 4 is 34.7 Å². The van der Waals surface area contributed by atoms with E-state index in [1.54, 1.807) is 23.1 Å². The van der Waals surface area contributed by atoms with Crippen LogP contribution in [-0.2, 0) is 0 Å². The summed E-state index contributed by atoms with van der Waals surface area (Å²) in [5, 5.41) is 11.0. The van der Waals surface area contributed by atoms with Crippen LogP contribution in [0.4, 0.5) is 0 Å². The van der Waals surface area contributed by atoms with E-state index in [4.69, 9.17) is 16.0 Å². The summed E-state index contributed by atoms with van der Waals surface area (Å²) in [4.78, 5) is 2.12. The molecule has 3 aromatic rings. The molecule has 2 heterocycles. The molecule has 3 nitrogen and oxygen atoms in total. The lowest BCUT2D eigenvalue weighted by atomic mass is 10.4. The van der Waals surface area contributed by atoms with Crippen molar-refractivity contribution in [3.63, 3.8) is 0 Å². The van der Waals surface area contributed by atoms with Gasteiger partial charge in [0.15, 0.2) is 0 Å². The van der Waals surface area contributed by atoms with Gasteiger partial charge in [0.05, 0.1) is 10.1 Å². The topological polar surface area (TPSA) is 38.9 Å². The van der Waals surface area contributed by atoms with Gasteiger partial charge < -0.3 is 4.42 Å². The zero-order chi connectivity index (χ0) is 13.9. The first-order valence-electron chi connectivity index (χ1n) is 6.02. The summed E-state index contributed by atoms with van der Waals surface area (Å²) in [6.07, 6.45) is 0. The van der Waals surface area contributed by atoms with Gasteiger partial charge in [-0.15, -0.1) is 33.3 Å². The number of thioether (sulfide) groups is 1. The number of halogens is 1. The van der Waals surface area contributed by atoms with E-state index in [0.29, 0.717) is 11.8 Å². The van der Waals surface area contributed by atoms with Crippen LogP contribution in [0.1, 0.15) is 18.1 Å². The molecular weight excluding hydrogens is 312 g/mol. The molecule has 0 saturated carbocycles. The van der Waals surface area contributed by atoms with Crippen LogP contribution in [0.25, 0.3) is 10.8 Å². The number of nitrogens with zero attached hydrogens (tertiary/aromatic N) is 2. The molecule has 1 aromatic carbocycles. The molecule has 0 aliphatic heterocycles. The summed E-state index contributed by atoms with van der Waals surface area (Å²) in [5.41, 5.74) is 0. The van der Waals surface area contributed by atoms with E-state index in [1.807, 2.05) is 48.7 Å². The van der Waals surface area contributed by atoms with E-state index in [9.17, 15) is 0 Å². The molecule has 0 saturated heterocycles. The van der Waals surface area contributed by atoms with Gasteiger partial charge >= 0.3 is 0 Å². The molecule has 0 aliphatic rings. The third-order valence-corrected chi connectivity index (χ3v) is 4.86. The molecule has 102 valence electrons. The Hall–Kier alpha value is -1.30. The fourth-order valence-electron chi connectivity index (χ4n) is 1.67. The Balaban J connectivity index is 1.74. The predicted octanol–water partition coefficient (Wildman–Crippen LogP) is 5.30. The maximum atomic E-state index is 5.88. The molecule has 0 radical (unpaired) electrons. The lowest BCUT2D eigenvalue weighted by Crippen LogP contribution is -1.88. The van der Waals surface area contributed by atoms with Crippen LogP contribution in [0.5, 0.6) is 0 Å². The fraction of sp³-hybridized carbons (Fsp3) is 0.143. The summed E-state index contributed by atoms with van der Waals surface area (Å²) in [6.45, 7) is 2.05. The molecule has 0 N–H and O–H groups in total. The van der Waals surface area contributed by atoms with E-state index < -0.39 is 0 Å². The zero-order valence-electron chi connectivity index (χ0n) is 10.6. The molecule has 2 aromatic heterocycles. The highest BCUT2D eigenvalue weighted by molar-refractivity contribution is 7.99. The van der Waals surface area contributed by atoms with Crippen LogP contribution in [-0.4, -0.2) is 10.2 Å². The van der Waals surface area contributed by atoms with Crippen molar-refractivity contribution in [2.75, 3.05) is 0 Å². The quantitative estimate of drug-likeness (QED) is 0.610. The standard InChI is InChI=1S/C14H11ClN2OS2/c1-9(20-11-6-4-10(15)5-7-11)13-16-17-14(18-13)12-3-2-8-19-12/h2-9H,1H3. The van der Waals surface area contributed by atoms with Crippen molar-refractivity contribution in [3.8, 4) is 10.8 Å². The Morgan fingerprint density at radius 2 is 2.00 bits per heavy atom. The van der Waals surface area contributed by atoms with Gasteiger partial charge in [0.2, 0.25) is 5.89 Å². The van der Waals surface area contributed by atoms with E-state index in [-0.39, 0.29) is 5.25 Å². The average molecular weight is 323 g/mol. The van der Waals surface area contributed by atoms with E-state index in [0.717, 1.165) is 14.8 Å². The zero-order valence-corrected chi connectivity index (χ0v) is 13.0. The van der Waals surface area contributed by atoms with Gasteiger partial charge in [-0.05, 0) is 42.6 Å². The van der Waals surface area contributed by atoms with Crippen LogP contribution >= 0.6 is 34.7 Å². The molecular formula is C14H11ClN2OS2. The highest BCUT2D eigenvalue weighted by Gasteiger charge is 2.16. The SMILES string of the molecule is CC(Sc1ccc(Cl)cc1)c1nnc(-c2cccs2)o1. The van der Waals surface area contributed by atoms with Gasteiger partial charge in [0.1, 0.15) is 0 Å². The van der Waals surface area contributed by atoms with Crippen molar-refractivity contribution < 1.29 is 4.42 Å². The molecule has 3 rings (SSSR count). The Morgan fingerprint density at radius 1 is 1.20 bits per heavy atom. The second-order valence-corrected chi connectivity index (χ2v) is 6.94. The minimum absolute atomic E-state index is 0.0948. The average Bonchev–Trinajstić information content (AvgIpc) is 3.11. The van der Waals surface area contributed by atoms with E-state index in [2.05, 4.69) is 10.2 Å². The first-order valence-corrected chi connectivity index (χ1v) is 8.15. The monoisotopic (exact) mass is 322 g/mol. The first-order chi connectivity index (χ1) is 9.72. The van der Waals surface area contributed by atoms with Gasteiger partial charge in [0.25, 0.3) is 5.89 Å². The largest absolute Gasteiger partial charge is 0.419 e. The Kier molecular flexibility index (Phi) is 4.10. The van der Waals surface area contributed by atoms with E-state index in [1.165, 1.54) is 0 Å². The molecule has 20 heavy (non-hydrogen) atoms. The highest BCUT2D eigenvalue weighted by atomic mass is 35.5. The van der Waals surface area contributed by atoms with Gasteiger partial charge in [0, 0.05) is 9.92 Å². The summed E-state index contributed by atoms with van der Waals surface area (Å²) in [5.74, 6) is 1.21. The number of hydrogen-bond acceptors (Lipinski definition) is 5. The Morgan fingerprint density at radius 3 is 2.70 bits per heavy atom. The minimum atomic E-state index is 0.0948. The summed E-state index contributed by atoms with van der Waals surface area (Å²) in [6, 6.07) is 11.7. The third kappa shape index (κ3) is 3.06. The summed E-state index contributed by atoms with van der Waals surface area (Å²) < 4.78 is 5.73. The number of hydrogen-bond donors (Lipinski definition) is 0. The second kappa shape index (κ2) is 5.99. The van der Waals surface area contributed by atoms with Crippen LogP contribution in [0.15, 0.2) is 51.1 Å². The predicted molar refractivity (Wildman–Crippen MR) is 83.3 cm³/mol. The number of rotatable bonds is 4. The molecule has 0 amide bonds. The maximum absolute atomic E-state index is 5.88. The molecule has 0 fully saturated rings. The van der Waals surface area contributed by atoms with Crippen LogP contribution in [0.3, 0.4) is 0 Å². The molecule has 1 unspecified atom stereocenters. The lowest BCUT2D eigenvalue weighted by Gasteiger charge is -2.06. The van der Waals surface area contributed by atoms with Gasteiger partial charge in [-0.3, -0.25) is 0 Å². The minimum Gasteiger partial charge on any atom is -0.419 e. The van der Waals surface area contributed by atoms with Crippen molar-refractivity contribution in [2.24, 2.45) is 0 Å².